The number of hydrogen-bond donors (Lipinski definition) is 0. The predicted molar refractivity (Wildman–Crippen MR) is 85.5 cm³/mol. The molecule has 0 radical (unpaired) electrons. The second-order valence-corrected chi connectivity index (χ2v) is 5.63. The van der Waals surface area contributed by atoms with Crippen LogP contribution in [-0.2, 0) is 14.3 Å². The number of carbonyl (C=O) groups is 1. The molecule has 23 heavy (non-hydrogen) atoms. The van der Waals surface area contributed by atoms with Gasteiger partial charge in [-0.25, -0.2) is 0 Å². The van der Waals surface area contributed by atoms with Crippen molar-refractivity contribution in [1.29, 1.82) is 0 Å². The van der Waals surface area contributed by atoms with Gasteiger partial charge in [-0.05, 0) is 38.3 Å². The lowest BCUT2D eigenvalue weighted by molar-refractivity contribution is -0.384. The molecule has 1 aliphatic rings. The molecule has 0 saturated carbocycles. The molecule has 0 bridgehead atoms. The first-order valence-electron chi connectivity index (χ1n) is 7.74. The van der Waals surface area contributed by atoms with Gasteiger partial charge in [-0.3, -0.25) is 14.9 Å². The number of ether oxygens (including phenoxy) is 2. The summed E-state index contributed by atoms with van der Waals surface area (Å²) in [6.45, 7) is 2.85. The molecule has 1 aliphatic heterocycles. The van der Waals surface area contributed by atoms with Crippen LogP contribution in [0, 0.1) is 10.1 Å². The molecule has 1 amide bonds. The van der Waals surface area contributed by atoms with E-state index in [1.165, 1.54) is 17.0 Å². The quantitative estimate of drug-likeness (QED) is 0.594. The molecular weight excluding hydrogens is 300 g/mol. The van der Waals surface area contributed by atoms with E-state index in [0.29, 0.717) is 12.3 Å². The Kier molecular flexibility index (Phi) is 6.06. The molecule has 1 heterocycles. The van der Waals surface area contributed by atoms with Gasteiger partial charge in [0.05, 0.1) is 17.6 Å². The monoisotopic (exact) mass is 322 g/mol. The third kappa shape index (κ3) is 4.74. The number of non-ortho nitro benzene ring substituents is 1. The predicted octanol–water partition coefficient (Wildman–Crippen LogP) is 2.53. The second-order valence-electron chi connectivity index (χ2n) is 5.63. The fourth-order valence-corrected chi connectivity index (χ4v) is 2.46. The Hall–Kier alpha value is -1.99. The van der Waals surface area contributed by atoms with Crippen LogP contribution in [0.25, 0.3) is 0 Å². The van der Waals surface area contributed by atoms with Gasteiger partial charge in [0.25, 0.3) is 11.6 Å². The van der Waals surface area contributed by atoms with Gasteiger partial charge in [0.1, 0.15) is 6.10 Å². The van der Waals surface area contributed by atoms with E-state index in [9.17, 15) is 14.9 Å². The Morgan fingerprint density at radius 1 is 1.43 bits per heavy atom. The number of benzene rings is 1. The van der Waals surface area contributed by atoms with Crippen LogP contribution in [0.5, 0.6) is 0 Å². The molecule has 126 valence electrons. The average Bonchev–Trinajstić information content (AvgIpc) is 2.59. The highest BCUT2D eigenvalue weighted by Gasteiger charge is 2.22. The Morgan fingerprint density at radius 2 is 2.13 bits per heavy atom. The Balaban J connectivity index is 1.88. The Bertz CT molecular complexity index is 540. The number of nitrogens with zero attached hydrogens (tertiary/aromatic N) is 2. The summed E-state index contributed by atoms with van der Waals surface area (Å²) < 4.78 is 11.2. The van der Waals surface area contributed by atoms with Gasteiger partial charge < -0.3 is 14.4 Å². The number of anilines is 1. The number of rotatable bonds is 6. The van der Waals surface area contributed by atoms with Crippen molar-refractivity contribution in [3.8, 4) is 0 Å². The van der Waals surface area contributed by atoms with Crippen molar-refractivity contribution in [3.05, 3.63) is 34.4 Å². The molecule has 0 aromatic heterocycles. The summed E-state index contributed by atoms with van der Waals surface area (Å²) in [6, 6.07) is 5.85. The molecular formula is C16H22N2O5. The van der Waals surface area contributed by atoms with Crippen LogP contribution < -0.4 is 4.90 Å². The maximum absolute atomic E-state index is 12.4. The minimum Gasteiger partial charge on any atom is -0.376 e. The van der Waals surface area contributed by atoms with Crippen molar-refractivity contribution in [2.75, 3.05) is 25.2 Å². The molecule has 1 saturated heterocycles. The van der Waals surface area contributed by atoms with E-state index in [4.69, 9.17) is 9.47 Å². The van der Waals surface area contributed by atoms with Gasteiger partial charge in [0.2, 0.25) is 0 Å². The number of hydrogen-bond acceptors (Lipinski definition) is 5. The molecule has 0 aliphatic carbocycles. The highest BCUT2D eigenvalue weighted by atomic mass is 16.6. The SMILES string of the molecule is C[C@H](OC[C@@H]1CCCCO1)C(=O)N(C)c1ccc([N+](=O)[O-])cc1. The van der Waals surface area contributed by atoms with Crippen LogP contribution in [0.15, 0.2) is 24.3 Å². The van der Waals surface area contributed by atoms with Crippen LogP contribution in [0.1, 0.15) is 26.2 Å². The van der Waals surface area contributed by atoms with Crippen molar-refractivity contribution in [2.24, 2.45) is 0 Å². The minimum absolute atomic E-state index is 0.00616. The van der Waals surface area contributed by atoms with Crippen molar-refractivity contribution >= 4 is 17.3 Å². The lowest BCUT2D eigenvalue weighted by atomic mass is 10.1. The molecule has 1 fully saturated rings. The van der Waals surface area contributed by atoms with E-state index in [-0.39, 0.29) is 17.7 Å². The first kappa shape index (κ1) is 17.4. The molecule has 1 aromatic rings. The van der Waals surface area contributed by atoms with Gasteiger partial charge in [-0.2, -0.15) is 0 Å². The minimum atomic E-state index is -0.597. The van der Waals surface area contributed by atoms with Gasteiger partial charge in [0, 0.05) is 31.5 Å². The molecule has 2 atom stereocenters. The Labute approximate surface area is 135 Å². The Morgan fingerprint density at radius 3 is 2.70 bits per heavy atom. The van der Waals surface area contributed by atoms with Crippen molar-refractivity contribution in [2.45, 2.75) is 38.4 Å². The average molecular weight is 322 g/mol. The zero-order chi connectivity index (χ0) is 16.8. The number of likely N-dealkylation sites (N-methyl/N-ethyl adjacent to an activating group) is 1. The summed E-state index contributed by atoms with van der Waals surface area (Å²) in [7, 11) is 1.63. The van der Waals surface area contributed by atoms with E-state index in [1.54, 1.807) is 26.1 Å². The van der Waals surface area contributed by atoms with Crippen molar-refractivity contribution in [1.82, 2.24) is 0 Å². The molecule has 7 nitrogen and oxygen atoms in total. The van der Waals surface area contributed by atoms with Crippen LogP contribution in [0.2, 0.25) is 0 Å². The van der Waals surface area contributed by atoms with Gasteiger partial charge in [-0.1, -0.05) is 0 Å². The van der Waals surface area contributed by atoms with Crippen LogP contribution in [-0.4, -0.2) is 43.3 Å². The van der Waals surface area contributed by atoms with E-state index < -0.39 is 11.0 Å². The summed E-state index contributed by atoms with van der Waals surface area (Å²) in [6.07, 6.45) is 2.62. The first-order chi connectivity index (χ1) is 11.0. The van der Waals surface area contributed by atoms with E-state index >= 15 is 0 Å². The molecule has 0 spiro atoms. The summed E-state index contributed by atoms with van der Waals surface area (Å²) in [5.41, 5.74) is 0.582. The molecule has 7 heteroatoms. The molecule has 0 unspecified atom stereocenters. The van der Waals surface area contributed by atoms with Gasteiger partial charge in [-0.15, -0.1) is 0 Å². The van der Waals surface area contributed by atoms with Crippen LogP contribution in [0.4, 0.5) is 11.4 Å². The van der Waals surface area contributed by atoms with E-state index in [0.717, 1.165) is 25.9 Å². The number of amides is 1. The van der Waals surface area contributed by atoms with Gasteiger partial charge in [0.15, 0.2) is 0 Å². The van der Waals surface area contributed by atoms with E-state index in [2.05, 4.69) is 0 Å². The maximum Gasteiger partial charge on any atom is 0.269 e. The smallest absolute Gasteiger partial charge is 0.269 e. The molecule has 0 N–H and O–H groups in total. The molecule has 2 rings (SSSR count). The number of nitro groups is 1. The fraction of sp³-hybridized carbons (Fsp3) is 0.562. The zero-order valence-corrected chi connectivity index (χ0v) is 13.4. The van der Waals surface area contributed by atoms with Crippen molar-refractivity contribution in [3.63, 3.8) is 0 Å². The van der Waals surface area contributed by atoms with Crippen LogP contribution >= 0.6 is 0 Å². The highest BCUT2D eigenvalue weighted by Crippen LogP contribution is 2.20. The first-order valence-corrected chi connectivity index (χ1v) is 7.74. The standard InChI is InChI=1S/C16H22N2O5/c1-12(23-11-15-5-3-4-10-22-15)16(19)17(2)13-6-8-14(9-7-13)18(20)21/h6-9,12,15H,3-5,10-11H2,1-2H3/t12-,15-/m0/s1. The fourth-order valence-electron chi connectivity index (χ4n) is 2.46. The van der Waals surface area contributed by atoms with Crippen molar-refractivity contribution < 1.29 is 19.2 Å². The van der Waals surface area contributed by atoms with E-state index in [1.807, 2.05) is 0 Å². The summed E-state index contributed by atoms with van der Waals surface area (Å²) >= 11 is 0. The van der Waals surface area contributed by atoms with Gasteiger partial charge >= 0.3 is 0 Å². The lowest BCUT2D eigenvalue weighted by Gasteiger charge is -2.26. The molecule has 1 aromatic carbocycles. The van der Waals surface area contributed by atoms with Crippen LogP contribution in [0.3, 0.4) is 0 Å². The summed E-state index contributed by atoms with van der Waals surface area (Å²) in [5, 5.41) is 10.7. The highest BCUT2D eigenvalue weighted by molar-refractivity contribution is 5.95. The topological polar surface area (TPSA) is 81.9 Å². The zero-order valence-electron chi connectivity index (χ0n) is 13.4. The summed E-state index contributed by atoms with van der Waals surface area (Å²) in [4.78, 5) is 24.0. The third-order valence-corrected chi connectivity index (χ3v) is 3.93. The second kappa shape index (κ2) is 8.03. The largest absolute Gasteiger partial charge is 0.376 e. The number of nitro benzene ring substituents is 1. The lowest BCUT2D eigenvalue weighted by Crippen LogP contribution is -2.38. The normalized spacial score (nSPS) is 19.1. The summed E-state index contributed by atoms with van der Waals surface area (Å²) in [5.74, 6) is -0.199. The number of carbonyl (C=O) groups excluding carboxylic acids is 1. The maximum atomic E-state index is 12.4. The third-order valence-electron chi connectivity index (χ3n) is 3.93.